The lowest BCUT2D eigenvalue weighted by Gasteiger charge is -2.20. The summed E-state index contributed by atoms with van der Waals surface area (Å²) in [5.41, 5.74) is 2.58. The summed E-state index contributed by atoms with van der Waals surface area (Å²) in [5.74, 6) is 0. The Morgan fingerprint density at radius 2 is 1.83 bits per heavy atom. The SMILES string of the molecule is [CH2]c1ccc(C(C)(C)C)c(Br)c1. The first-order chi connectivity index (χ1) is 5.41. The van der Waals surface area contributed by atoms with Crippen LogP contribution in [0.1, 0.15) is 31.9 Å². The fourth-order valence-electron chi connectivity index (χ4n) is 1.17. The summed E-state index contributed by atoms with van der Waals surface area (Å²) in [6.07, 6.45) is 0. The average Bonchev–Trinajstić information content (AvgIpc) is 1.83. The smallest absolute Gasteiger partial charge is 0.0215 e. The Bertz CT molecular complexity index is 282. The highest BCUT2D eigenvalue weighted by Crippen LogP contribution is 2.29. The first-order valence-electron chi connectivity index (χ1n) is 4.03. The van der Waals surface area contributed by atoms with Gasteiger partial charge in [-0.15, -0.1) is 0 Å². The molecule has 0 bridgehead atoms. The molecule has 0 unspecified atom stereocenters. The third-order valence-corrected chi connectivity index (χ3v) is 2.50. The molecule has 0 atom stereocenters. The molecule has 1 radical (unpaired) electrons. The Balaban J connectivity index is 3.19. The minimum absolute atomic E-state index is 0.201. The maximum Gasteiger partial charge on any atom is 0.0215 e. The summed E-state index contributed by atoms with van der Waals surface area (Å²) < 4.78 is 1.16. The van der Waals surface area contributed by atoms with Crippen LogP contribution >= 0.6 is 15.9 Å². The lowest BCUT2D eigenvalue weighted by Crippen LogP contribution is -2.11. The topological polar surface area (TPSA) is 0 Å². The quantitative estimate of drug-likeness (QED) is 0.628. The second kappa shape index (κ2) is 3.21. The van der Waals surface area contributed by atoms with Crippen LogP contribution in [0.15, 0.2) is 22.7 Å². The Labute approximate surface area is 83.1 Å². The zero-order valence-corrected chi connectivity index (χ0v) is 9.40. The summed E-state index contributed by atoms with van der Waals surface area (Å²) in [6, 6.07) is 6.23. The van der Waals surface area contributed by atoms with Gasteiger partial charge in [0.25, 0.3) is 0 Å². The van der Waals surface area contributed by atoms with E-state index in [4.69, 9.17) is 0 Å². The molecule has 1 heteroatoms. The molecule has 0 aliphatic rings. The highest BCUT2D eigenvalue weighted by Gasteiger charge is 2.16. The van der Waals surface area contributed by atoms with Crippen LogP contribution in [0.5, 0.6) is 0 Å². The molecule has 0 saturated heterocycles. The molecule has 0 spiro atoms. The third kappa shape index (κ3) is 2.10. The van der Waals surface area contributed by atoms with Gasteiger partial charge in [0.15, 0.2) is 0 Å². The molecule has 65 valence electrons. The van der Waals surface area contributed by atoms with E-state index >= 15 is 0 Å². The van der Waals surface area contributed by atoms with Gasteiger partial charge in [-0.3, -0.25) is 0 Å². The first kappa shape index (κ1) is 9.79. The monoisotopic (exact) mass is 225 g/mol. The summed E-state index contributed by atoms with van der Waals surface area (Å²) in [4.78, 5) is 0. The summed E-state index contributed by atoms with van der Waals surface area (Å²) in [7, 11) is 0. The number of hydrogen-bond donors (Lipinski definition) is 0. The van der Waals surface area contributed by atoms with Crippen molar-refractivity contribution in [1.29, 1.82) is 0 Å². The predicted octanol–water partition coefficient (Wildman–Crippen LogP) is 3.93. The van der Waals surface area contributed by atoms with Crippen LogP contribution in [0.25, 0.3) is 0 Å². The van der Waals surface area contributed by atoms with Gasteiger partial charge in [-0.1, -0.05) is 48.8 Å². The molecule has 1 aromatic carbocycles. The van der Waals surface area contributed by atoms with Crippen molar-refractivity contribution in [2.75, 3.05) is 0 Å². The van der Waals surface area contributed by atoms with Gasteiger partial charge >= 0.3 is 0 Å². The van der Waals surface area contributed by atoms with Crippen molar-refractivity contribution in [3.8, 4) is 0 Å². The van der Waals surface area contributed by atoms with Gasteiger partial charge in [-0.25, -0.2) is 0 Å². The van der Waals surface area contributed by atoms with Crippen LogP contribution in [-0.4, -0.2) is 0 Å². The maximum atomic E-state index is 3.87. The molecule has 12 heavy (non-hydrogen) atoms. The lowest BCUT2D eigenvalue weighted by molar-refractivity contribution is 0.587. The van der Waals surface area contributed by atoms with Crippen LogP contribution in [-0.2, 0) is 5.41 Å². The highest BCUT2D eigenvalue weighted by molar-refractivity contribution is 9.10. The molecule has 0 amide bonds. The van der Waals surface area contributed by atoms with Crippen molar-refractivity contribution in [3.63, 3.8) is 0 Å². The van der Waals surface area contributed by atoms with Gasteiger partial charge in [0, 0.05) is 4.47 Å². The largest absolute Gasteiger partial charge is 0.0587 e. The van der Waals surface area contributed by atoms with Gasteiger partial charge in [-0.2, -0.15) is 0 Å². The molecule has 0 aliphatic carbocycles. The number of halogens is 1. The van der Waals surface area contributed by atoms with E-state index in [1.54, 1.807) is 0 Å². The zero-order valence-electron chi connectivity index (χ0n) is 7.82. The minimum atomic E-state index is 0.201. The van der Waals surface area contributed by atoms with Crippen LogP contribution in [0, 0.1) is 6.92 Å². The van der Waals surface area contributed by atoms with Crippen molar-refractivity contribution >= 4 is 15.9 Å². The molecule has 0 aromatic heterocycles. The van der Waals surface area contributed by atoms with Crippen molar-refractivity contribution < 1.29 is 0 Å². The lowest BCUT2D eigenvalue weighted by atomic mass is 9.87. The van der Waals surface area contributed by atoms with E-state index in [0.29, 0.717) is 0 Å². The average molecular weight is 226 g/mol. The van der Waals surface area contributed by atoms with E-state index in [1.807, 2.05) is 6.07 Å². The predicted molar refractivity (Wildman–Crippen MR) is 57.3 cm³/mol. The molecule has 0 N–H and O–H groups in total. The number of hydrogen-bond acceptors (Lipinski definition) is 0. The van der Waals surface area contributed by atoms with E-state index in [-0.39, 0.29) is 5.41 Å². The van der Waals surface area contributed by atoms with Crippen molar-refractivity contribution in [2.45, 2.75) is 26.2 Å². The van der Waals surface area contributed by atoms with E-state index in [0.717, 1.165) is 10.0 Å². The standard InChI is InChI=1S/C11H14Br/c1-8-5-6-9(10(12)7-8)11(2,3)4/h5-7H,1H2,2-4H3. The fraction of sp³-hybridized carbons (Fsp3) is 0.364. The number of rotatable bonds is 0. The molecule has 0 saturated carbocycles. The van der Waals surface area contributed by atoms with Gasteiger partial charge in [-0.05, 0) is 29.5 Å². The Morgan fingerprint density at radius 3 is 2.25 bits per heavy atom. The van der Waals surface area contributed by atoms with E-state index in [2.05, 4.69) is 55.8 Å². The van der Waals surface area contributed by atoms with Gasteiger partial charge < -0.3 is 0 Å². The molecule has 1 rings (SSSR count). The van der Waals surface area contributed by atoms with Crippen LogP contribution in [0.4, 0.5) is 0 Å². The maximum absolute atomic E-state index is 3.87. The van der Waals surface area contributed by atoms with Crippen molar-refractivity contribution in [1.82, 2.24) is 0 Å². The molecule has 0 aliphatic heterocycles. The van der Waals surface area contributed by atoms with Gasteiger partial charge in [0.1, 0.15) is 0 Å². The molecule has 1 aromatic rings. The van der Waals surface area contributed by atoms with Crippen molar-refractivity contribution in [2.24, 2.45) is 0 Å². The summed E-state index contributed by atoms with van der Waals surface area (Å²) in [6.45, 7) is 10.5. The molecule has 0 fully saturated rings. The van der Waals surface area contributed by atoms with E-state index in [9.17, 15) is 0 Å². The van der Waals surface area contributed by atoms with Crippen LogP contribution in [0.3, 0.4) is 0 Å². The summed E-state index contributed by atoms with van der Waals surface area (Å²) in [5, 5.41) is 0. The second-order valence-electron chi connectivity index (χ2n) is 4.06. The van der Waals surface area contributed by atoms with Crippen molar-refractivity contribution in [3.05, 3.63) is 40.7 Å². The molecule has 0 heterocycles. The number of benzene rings is 1. The first-order valence-corrected chi connectivity index (χ1v) is 4.82. The highest BCUT2D eigenvalue weighted by atomic mass is 79.9. The zero-order chi connectivity index (χ0) is 9.35. The minimum Gasteiger partial charge on any atom is -0.0587 e. The van der Waals surface area contributed by atoms with Crippen LogP contribution in [0.2, 0.25) is 0 Å². The van der Waals surface area contributed by atoms with Gasteiger partial charge in [0.05, 0.1) is 0 Å². The Hall–Kier alpha value is -0.300. The Kier molecular flexibility index (Phi) is 2.62. The van der Waals surface area contributed by atoms with E-state index < -0.39 is 0 Å². The Morgan fingerprint density at radius 1 is 1.25 bits per heavy atom. The van der Waals surface area contributed by atoms with Crippen LogP contribution < -0.4 is 0 Å². The van der Waals surface area contributed by atoms with E-state index in [1.165, 1.54) is 5.56 Å². The molecular weight excluding hydrogens is 212 g/mol. The third-order valence-electron chi connectivity index (χ3n) is 1.84. The normalized spacial score (nSPS) is 11.8. The molecular formula is C11H14Br. The molecule has 0 nitrogen and oxygen atoms in total. The second-order valence-corrected chi connectivity index (χ2v) is 4.92. The fourth-order valence-corrected chi connectivity index (χ4v) is 2.19. The van der Waals surface area contributed by atoms with Gasteiger partial charge in [0.2, 0.25) is 0 Å². The summed E-state index contributed by atoms with van der Waals surface area (Å²) >= 11 is 3.54.